The lowest BCUT2D eigenvalue weighted by atomic mass is 10.1. The van der Waals surface area contributed by atoms with Crippen LogP contribution in [0.1, 0.15) is 5.56 Å². The molecule has 0 N–H and O–H groups in total. The number of alkyl halides is 3. The van der Waals surface area contributed by atoms with Crippen LogP contribution in [-0.4, -0.2) is 43.3 Å². The van der Waals surface area contributed by atoms with Gasteiger partial charge in [0.25, 0.3) is 0 Å². The van der Waals surface area contributed by atoms with Gasteiger partial charge in [0.15, 0.2) is 0 Å². The van der Waals surface area contributed by atoms with Crippen LogP contribution in [0.5, 0.6) is 5.75 Å². The van der Waals surface area contributed by atoms with Crippen molar-refractivity contribution in [2.45, 2.75) is 6.18 Å². The summed E-state index contributed by atoms with van der Waals surface area (Å²) in [4.78, 5) is 13.3. The van der Waals surface area contributed by atoms with Gasteiger partial charge in [-0.1, -0.05) is 24.3 Å². The molecule has 1 aliphatic heterocycles. The van der Waals surface area contributed by atoms with Crippen LogP contribution in [0.2, 0.25) is 0 Å². The van der Waals surface area contributed by atoms with Gasteiger partial charge in [-0.2, -0.15) is 13.2 Å². The molecule has 0 bridgehead atoms. The number of benzene rings is 2. The van der Waals surface area contributed by atoms with E-state index in [1.807, 2.05) is 24.3 Å². The number of rotatable bonds is 4. The van der Waals surface area contributed by atoms with Crippen molar-refractivity contribution in [1.29, 1.82) is 0 Å². The molecule has 1 saturated heterocycles. The van der Waals surface area contributed by atoms with Crippen LogP contribution in [0.4, 0.5) is 24.7 Å². The highest BCUT2D eigenvalue weighted by molar-refractivity contribution is 5.62. The molecule has 1 aromatic heterocycles. The first-order chi connectivity index (χ1) is 14.5. The summed E-state index contributed by atoms with van der Waals surface area (Å²) in [6.45, 7) is 3.10. The number of halogens is 3. The van der Waals surface area contributed by atoms with Gasteiger partial charge in [-0.25, -0.2) is 4.98 Å². The fourth-order valence-electron chi connectivity index (χ4n) is 3.54. The van der Waals surface area contributed by atoms with Crippen molar-refractivity contribution in [2.24, 2.45) is 0 Å². The Balaban J connectivity index is 1.47. The highest BCUT2D eigenvalue weighted by atomic mass is 19.4. The third kappa shape index (κ3) is 4.17. The van der Waals surface area contributed by atoms with E-state index in [0.29, 0.717) is 17.1 Å². The molecule has 0 spiro atoms. The first kappa shape index (κ1) is 20.0. The van der Waals surface area contributed by atoms with Crippen LogP contribution in [-0.2, 0) is 6.18 Å². The van der Waals surface area contributed by atoms with Crippen molar-refractivity contribution in [3.05, 3.63) is 66.5 Å². The zero-order chi connectivity index (χ0) is 21.1. The van der Waals surface area contributed by atoms with E-state index in [2.05, 4.69) is 19.8 Å². The van der Waals surface area contributed by atoms with Crippen molar-refractivity contribution in [2.75, 3.05) is 43.1 Å². The number of piperazine rings is 1. The maximum atomic E-state index is 12.8. The number of hydrogen-bond acceptors (Lipinski definition) is 5. The maximum Gasteiger partial charge on any atom is 0.416 e. The van der Waals surface area contributed by atoms with Crippen molar-refractivity contribution in [1.82, 2.24) is 9.97 Å². The molecular formula is C22H21F3N4O. The topological polar surface area (TPSA) is 41.5 Å². The Morgan fingerprint density at radius 3 is 2.20 bits per heavy atom. The Morgan fingerprint density at radius 1 is 0.867 bits per heavy atom. The van der Waals surface area contributed by atoms with Crippen LogP contribution in [0.3, 0.4) is 0 Å². The fraction of sp³-hybridized carbons (Fsp3) is 0.273. The normalized spacial score (nSPS) is 14.7. The van der Waals surface area contributed by atoms with Gasteiger partial charge in [0, 0.05) is 31.7 Å². The van der Waals surface area contributed by atoms with E-state index < -0.39 is 11.7 Å². The molecule has 0 atom stereocenters. The Labute approximate surface area is 172 Å². The van der Waals surface area contributed by atoms with Crippen LogP contribution in [0.15, 0.2) is 60.9 Å². The average molecular weight is 414 g/mol. The molecule has 8 heteroatoms. The SMILES string of the molecule is COc1ccccc1N1CCN(c2cncc(-c3ccc(C(F)(F)F)cc3)n2)CC1. The lowest BCUT2D eigenvalue weighted by molar-refractivity contribution is -0.137. The molecule has 0 amide bonds. The Kier molecular flexibility index (Phi) is 5.48. The minimum atomic E-state index is -4.35. The number of aromatic nitrogens is 2. The van der Waals surface area contributed by atoms with Crippen molar-refractivity contribution >= 4 is 11.5 Å². The van der Waals surface area contributed by atoms with Gasteiger partial charge in [-0.15, -0.1) is 0 Å². The zero-order valence-corrected chi connectivity index (χ0v) is 16.4. The largest absolute Gasteiger partial charge is 0.495 e. The van der Waals surface area contributed by atoms with E-state index in [1.165, 1.54) is 12.1 Å². The monoisotopic (exact) mass is 414 g/mol. The van der Waals surface area contributed by atoms with Gasteiger partial charge in [0.1, 0.15) is 11.6 Å². The third-order valence-corrected chi connectivity index (χ3v) is 5.16. The predicted octanol–water partition coefficient (Wildman–Crippen LogP) is 4.50. The maximum absolute atomic E-state index is 12.8. The summed E-state index contributed by atoms with van der Waals surface area (Å²) >= 11 is 0. The summed E-state index contributed by atoms with van der Waals surface area (Å²) in [5.74, 6) is 1.56. The van der Waals surface area contributed by atoms with Crippen molar-refractivity contribution < 1.29 is 17.9 Å². The number of ether oxygens (including phenoxy) is 1. The van der Waals surface area contributed by atoms with Gasteiger partial charge in [-0.3, -0.25) is 4.98 Å². The van der Waals surface area contributed by atoms with Gasteiger partial charge < -0.3 is 14.5 Å². The quantitative estimate of drug-likeness (QED) is 0.629. The number of para-hydroxylation sites is 2. The molecule has 1 fully saturated rings. The molecule has 0 saturated carbocycles. The Morgan fingerprint density at radius 2 is 1.53 bits per heavy atom. The number of hydrogen-bond donors (Lipinski definition) is 0. The first-order valence-electron chi connectivity index (χ1n) is 9.58. The van der Waals surface area contributed by atoms with E-state index in [-0.39, 0.29) is 0 Å². The number of nitrogens with zero attached hydrogens (tertiary/aromatic N) is 4. The van der Waals surface area contributed by atoms with E-state index in [9.17, 15) is 13.2 Å². The molecule has 0 aliphatic carbocycles. The summed E-state index contributed by atoms with van der Waals surface area (Å²) in [5, 5.41) is 0. The lowest BCUT2D eigenvalue weighted by Crippen LogP contribution is -2.47. The number of methoxy groups -OCH3 is 1. The van der Waals surface area contributed by atoms with Crippen LogP contribution in [0.25, 0.3) is 11.3 Å². The molecule has 0 unspecified atom stereocenters. The molecule has 5 nitrogen and oxygen atoms in total. The van der Waals surface area contributed by atoms with E-state index in [4.69, 9.17) is 4.74 Å². The molecule has 2 aromatic carbocycles. The minimum absolute atomic E-state index is 0.549. The molecular weight excluding hydrogens is 393 g/mol. The summed E-state index contributed by atoms with van der Waals surface area (Å²) in [7, 11) is 1.66. The summed E-state index contributed by atoms with van der Waals surface area (Å²) in [5.41, 5.74) is 1.53. The molecule has 1 aliphatic rings. The summed E-state index contributed by atoms with van der Waals surface area (Å²) in [6, 6.07) is 12.9. The van der Waals surface area contributed by atoms with Crippen LogP contribution >= 0.6 is 0 Å². The fourth-order valence-corrected chi connectivity index (χ4v) is 3.54. The predicted molar refractivity (Wildman–Crippen MR) is 110 cm³/mol. The van der Waals surface area contributed by atoms with Gasteiger partial charge >= 0.3 is 6.18 Å². The molecule has 30 heavy (non-hydrogen) atoms. The molecule has 0 radical (unpaired) electrons. The lowest BCUT2D eigenvalue weighted by Gasteiger charge is -2.37. The van der Waals surface area contributed by atoms with Gasteiger partial charge in [0.05, 0.1) is 36.4 Å². The molecule has 3 aromatic rings. The highest BCUT2D eigenvalue weighted by Gasteiger charge is 2.30. The number of anilines is 2. The van der Waals surface area contributed by atoms with E-state index in [0.717, 1.165) is 49.7 Å². The standard InChI is InChI=1S/C22H21F3N4O/c1-30-20-5-3-2-4-19(20)28-10-12-29(13-11-28)21-15-26-14-18(27-21)16-6-8-17(9-7-16)22(23,24)25/h2-9,14-15H,10-13H2,1H3. The Hall–Kier alpha value is -3.29. The smallest absolute Gasteiger partial charge is 0.416 e. The second-order valence-corrected chi connectivity index (χ2v) is 6.98. The van der Waals surface area contributed by atoms with E-state index >= 15 is 0 Å². The Bertz CT molecular complexity index is 1000. The highest BCUT2D eigenvalue weighted by Crippen LogP contribution is 2.31. The van der Waals surface area contributed by atoms with Crippen LogP contribution < -0.4 is 14.5 Å². The third-order valence-electron chi connectivity index (χ3n) is 5.16. The van der Waals surface area contributed by atoms with Crippen LogP contribution in [0, 0.1) is 0 Å². The van der Waals surface area contributed by atoms with Gasteiger partial charge in [0.2, 0.25) is 0 Å². The second kappa shape index (κ2) is 8.22. The average Bonchev–Trinajstić information content (AvgIpc) is 2.79. The zero-order valence-electron chi connectivity index (χ0n) is 16.4. The first-order valence-corrected chi connectivity index (χ1v) is 9.58. The van der Waals surface area contributed by atoms with Gasteiger partial charge in [-0.05, 0) is 24.3 Å². The molecule has 156 valence electrons. The second-order valence-electron chi connectivity index (χ2n) is 6.98. The molecule has 2 heterocycles. The minimum Gasteiger partial charge on any atom is -0.495 e. The summed E-state index contributed by atoms with van der Waals surface area (Å²) in [6.07, 6.45) is -1.10. The van der Waals surface area contributed by atoms with Crippen molar-refractivity contribution in [3.63, 3.8) is 0 Å². The van der Waals surface area contributed by atoms with Crippen molar-refractivity contribution in [3.8, 4) is 17.0 Å². The van der Waals surface area contributed by atoms with E-state index in [1.54, 1.807) is 19.5 Å². The molecule has 4 rings (SSSR count). The summed E-state index contributed by atoms with van der Waals surface area (Å²) < 4.78 is 43.8.